The number of rotatable bonds is 7. The molecule has 0 saturated heterocycles. The molecule has 0 fully saturated rings. The Hall–Kier alpha value is -2.60. The Morgan fingerprint density at radius 2 is 1.89 bits per heavy atom. The van der Waals surface area contributed by atoms with E-state index >= 15 is 0 Å². The first kappa shape index (κ1) is 19.2. The maximum absolute atomic E-state index is 13.7. The number of aromatic nitrogens is 3. The summed E-state index contributed by atoms with van der Waals surface area (Å²) in [7, 11) is 0. The fourth-order valence-corrected chi connectivity index (χ4v) is 2.82. The number of aryl methyl sites for hydroxylation is 2. The van der Waals surface area contributed by atoms with E-state index in [4.69, 9.17) is 11.6 Å². The molecule has 0 saturated carbocycles. The van der Waals surface area contributed by atoms with Crippen LogP contribution in [0.2, 0.25) is 5.02 Å². The smallest absolute Gasteiger partial charge is 0.181 e. The molecule has 3 rings (SSSR count). The molecule has 0 aliphatic carbocycles. The predicted molar refractivity (Wildman–Crippen MR) is 99.5 cm³/mol. The number of nitrogens with zero attached hydrogens (tertiary/aromatic N) is 3. The molecule has 0 N–H and O–H groups in total. The number of carbonyl (C=O) groups is 1. The minimum absolute atomic E-state index is 0.00670. The second-order valence-corrected chi connectivity index (χ2v) is 6.56. The molecule has 0 radical (unpaired) electrons. The van der Waals surface area contributed by atoms with Gasteiger partial charge in [-0.3, -0.25) is 4.79 Å². The summed E-state index contributed by atoms with van der Waals surface area (Å²) < 4.78 is 28.2. The Labute approximate surface area is 160 Å². The van der Waals surface area contributed by atoms with Crippen LogP contribution < -0.4 is 0 Å². The number of carbonyl (C=O) groups excluding carboxylic acids is 1. The molecule has 0 unspecified atom stereocenters. The lowest BCUT2D eigenvalue weighted by Crippen LogP contribution is -2.14. The molecule has 0 spiro atoms. The highest BCUT2D eigenvalue weighted by Crippen LogP contribution is 2.22. The maximum atomic E-state index is 13.7. The molecule has 7 heteroatoms. The normalized spacial score (nSPS) is 11.0. The molecule has 1 heterocycles. The topological polar surface area (TPSA) is 47.8 Å². The van der Waals surface area contributed by atoms with Gasteiger partial charge in [0.05, 0.1) is 5.02 Å². The highest BCUT2D eigenvalue weighted by molar-refractivity contribution is 6.30. The van der Waals surface area contributed by atoms with Gasteiger partial charge in [-0.2, -0.15) is 5.10 Å². The molecule has 140 valence electrons. The molecule has 0 amide bonds. The summed E-state index contributed by atoms with van der Waals surface area (Å²) in [5.41, 5.74) is 1.40. The van der Waals surface area contributed by atoms with E-state index < -0.39 is 5.82 Å². The van der Waals surface area contributed by atoms with Crippen molar-refractivity contribution in [2.75, 3.05) is 0 Å². The van der Waals surface area contributed by atoms with E-state index in [1.807, 2.05) is 6.92 Å². The van der Waals surface area contributed by atoms with E-state index in [0.29, 0.717) is 36.5 Å². The van der Waals surface area contributed by atoms with Crippen molar-refractivity contribution in [1.29, 1.82) is 0 Å². The zero-order chi connectivity index (χ0) is 19.4. The molecular weight excluding hydrogens is 372 g/mol. The Morgan fingerprint density at radius 3 is 2.56 bits per heavy atom. The monoisotopic (exact) mass is 389 g/mol. The van der Waals surface area contributed by atoms with E-state index in [2.05, 4.69) is 10.1 Å². The first-order chi connectivity index (χ1) is 13.0. The number of Topliss-reactive ketones (excluding diaryl/α,β-unsaturated/α-hetero) is 1. The molecule has 3 aromatic rings. The van der Waals surface area contributed by atoms with Gasteiger partial charge in [-0.1, -0.05) is 30.7 Å². The summed E-state index contributed by atoms with van der Waals surface area (Å²) >= 11 is 5.71. The second kappa shape index (κ2) is 8.39. The quantitative estimate of drug-likeness (QED) is 0.591. The molecule has 0 atom stereocenters. The lowest BCUT2D eigenvalue weighted by atomic mass is 10.1. The molecular formula is C20H18ClF2N3O. The van der Waals surface area contributed by atoms with Gasteiger partial charge < -0.3 is 0 Å². The van der Waals surface area contributed by atoms with Crippen molar-refractivity contribution in [3.63, 3.8) is 0 Å². The summed E-state index contributed by atoms with van der Waals surface area (Å²) in [6.45, 7) is 2.00. The SMILES string of the molecule is CCc1nc(-c2ccc(Cl)c(F)c2)nn1CC(=O)CCc1ccc(F)cc1. The molecule has 0 bridgehead atoms. The van der Waals surface area contributed by atoms with E-state index in [9.17, 15) is 13.6 Å². The number of benzene rings is 2. The Balaban J connectivity index is 1.70. The van der Waals surface area contributed by atoms with Crippen molar-refractivity contribution in [3.8, 4) is 11.4 Å². The predicted octanol–water partition coefficient (Wildman–Crippen LogP) is 4.64. The molecule has 1 aromatic heterocycles. The lowest BCUT2D eigenvalue weighted by Gasteiger charge is -2.04. The number of halogens is 3. The molecule has 0 aliphatic heterocycles. The van der Waals surface area contributed by atoms with Gasteiger partial charge in [0.2, 0.25) is 0 Å². The number of hydrogen-bond donors (Lipinski definition) is 0. The van der Waals surface area contributed by atoms with E-state index in [0.717, 1.165) is 5.56 Å². The third kappa shape index (κ3) is 4.77. The molecule has 0 aliphatic rings. The van der Waals surface area contributed by atoms with E-state index in [1.54, 1.807) is 22.9 Å². The van der Waals surface area contributed by atoms with Crippen LogP contribution in [0.1, 0.15) is 24.7 Å². The fraction of sp³-hybridized carbons (Fsp3) is 0.250. The zero-order valence-corrected chi connectivity index (χ0v) is 15.5. The molecule has 2 aromatic carbocycles. The summed E-state index contributed by atoms with van der Waals surface area (Å²) in [4.78, 5) is 16.7. The van der Waals surface area contributed by atoms with Crippen LogP contribution in [0.3, 0.4) is 0 Å². The van der Waals surface area contributed by atoms with Crippen molar-refractivity contribution in [1.82, 2.24) is 14.8 Å². The van der Waals surface area contributed by atoms with Crippen LogP contribution >= 0.6 is 11.6 Å². The van der Waals surface area contributed by atoms with Crippen LogP contribution in [-0.4, -0.2) is 20.5 Å². The van der Waals surface area contributed by atoms with Crippen LogP contribution in [0.4, 0.5) is 8.78 Å². The van der Waals surface area contributed by atoms with Crippen LogP contribution in [0.25, 0.3) is 11.4 Å². The highest BCUT2D eigenvalue weighted by Gasteiger charge is 2.14. The average Bonchev–Trinajstić information content (AvgIpc) is 3.06. The largest absolute Gasteiger partial charge is 0.298 e. The van der Waals surface area contributed by atoms with Crippen molar-refractivity contribution in [2.45, 2.75) is 32.7 Å². The maximum Gasteiger partial charge on any atom is 0.181 e. The van der Waals surface area contributed by atoms with Crippen LogP contribution in [-0.2, 0) is 24.2 Å². The Kier molecular flexibility index (Phi) is 5.96. The molecule has 4 nitrogen and oxygen atoms in total. The first-order valence-electron chi connectivity index (χ1n) is 8.61. The van der Waals surface area contributed by atoms with E-state index in [-0.39, 0.29) is 23.2 Å². The first-order valence-corrected chi connectivity index (χ1v) is 8.99. The van der Waals surface area contributed by atoms with Crippen molar-refractivity contribution >= 4 is 17.4 Å². The number of ketones is 1. The average molecular weight is 390 g/mol. The Morgan fingerprint density at radius 1 is 1.15 bits per heavy atom. The highest BCUT2D eigenvalue weighted by atomic mass is 35.5. The number of hydrogen-bond acceptors (Lipinski definition) is 3. The van der Waals surface area contributed by atoms with Crippen LogP contribution in [0.5, 0.6) is 0 Å². The minimum Gasteiger partial charge on any atom is -0.298 e. The lowest BCUT2D eigenvalue weighted by molar-refractivity contribution is -0.119. The fourth-order valence-electron chi connectivity index (χ4n) is 2.70. The van der Waals surface area contributed by atoms with Crippen molar-refractivity contribution in [3.05, 3.63) is 70.5 Å². The summed E-state index contributed by atoms with van der Waals surface area (Å²) in [6.07, 6.45) is 1.44. The second-order valence-electron chi connectivity index (χ2n) is 6.16. The van der Waals surface area contributed by atoms with Gasteiger partial charge in [0.25, 0.3) is 0 Å². The van der Waals surface area contributed by atoms with Gasteiger partial charge in [0, 0.05) is 18.4 Å². The summed E-state index contributed by atoms with van der Waals surface area (Å²) in [6, 6.07) is 10.5. The minimum atomic E-state index is -0.543. The van der Waals surface area contributed by atoms with Crippen LogP contribution in [0.15, 0.2) is 42.5 Å². The van der Waals surface area contributed by atoms with Gasteiger partial charge in [-0.05, 0) is 42.3 Å². The van der Waals surface area contributed by atoms with Gasteiger partial charge in [0.1, 0.15) is 24.0 Å². The standard InChI is InChI=1S/C20H18ClF2N3O/c1-2-19-24-20(14-6-10-17(21)18(23)11-14)25-26(19)12-16(27)9-5-13-3-7-15(22)8-4-13/h3-4,6-8,10-11H,2,5,9,12H2,1H3. The Bertz CT molecular complexity index is 954. The summed E-state index contributed by atoms with van der Waals surface area (Å²) in [5.74, 6) is 0.155. The van der Waals surface area contributed by atoms with Crippen molar-refractivity contribution < 1.29 is 13.6 Å². The van der Waals surface area contributed by atoms with Gasteiger partial charge in [0.15, 0.2) is 11.6 Å². The van der Waals surface area contributed by atoms with E-state index in [1.165, 1.54) is 24.3 Å². The third-order valence-corrected chi connectivity index (χ3v) is 4.48. The van der Waals surface area contributed by atoms with Gasteiger partial charge >= 0.3 is 0 Å². The van der Waals surface area contributed by atoms with Gasteiger partial charge in [-0.25, -0.2) is 18.4 Å². The third-order valence-electron chi connectivity index (χ3n) is 4.17. The summed E-state index contributed by atoms with van der Waals surface area (Å²) in [5, 5.41) is 4.39. The zero-order valence-electron chi connectivity index (χ0n) is 14.8. The molecule has 27 heavy (non-hydrogen) atoms. The van der Waals surface area contributed by atoms with Crippen LogP contribution in [0, 0.1) is 11.6 Å². The van der Waals surface area contributed by atoms with Crippen molar-refractivity contribution in [2.24, 2.45) is 0 Å². The van der Waals surface area contributed by atoms with Gasteiger partial charge in [-0.15, -0.1) is 0 Å².